The monoisotopic (exact) mass is 1490 g/mol. The second-order valence-electron chi connectivity index (χ2n) is 30.8. The van der Waals surface area contributed by atoms with E-state index in [4.69, 9.17) is 18.9 Å². The molecule has 9 nitrogen and oxygen atoms in total. The van der Waals surface area contributed by atoms with Crippen molar-refractivity contribution in [3.63, 3.8) is 0 Å². The lowest BCUT2D eigenvalue weighted by Crippen LogP contribution is -2.40. The van der Waals surface area contributed by atoms with E-state index < -0.39 is 18.4 Å². The molecule has 612 valence electrons. The molecule has 0 aliphatic heterocycles. The quantitative estimate of drug-likeness (QED) is 0.0211. The third kappa shape index (κ3) is 88.0. The smallest absolute Gasteiger partial charge is 0.361 e. The first kappa shape index (κ1) is 102. The zero-order chi connectivity index (χ0) is 77.4. The molecular weight excluding hydrogens is 1320 g/mol. The second kappa shape index (κ2) is 86.5. The van der Waals surface area contributed by atoms with E-state index in [0.29, 0.717) is 17.4 Å². The fourth-order valence-corrected chi connectivity index (χ4v) is 12.6. The van der Waals surface area contributed by atoms with Crippen LogP contribution < -0.4 is 0 Å². The van der Waals surface area contributed by atoms with Crippen LogP contribution in [0.15, 0.2) is 158 Å². The Morgan fingerprint density at radius 3 is 0.748 bits per heavy atom. The average molecular weight is 1490 g/mol. The van der Waals surface area contributed by atoms with Crippen LogP contribution in [0.2, 0.25) is 0 Å². The van der Waals surface area contributed by atoms with Crippen LogP contribution in [-0.4, -0.2) is 87.4 Å². The van der Waals surface area contributed by atoms with Crippen molar-refractivity contribution in [2.45, 2.75) is 399 Å². The number of ether oxygens (including phenoxy) is 4. The molecule has 0 fully saturated rings. The van der Waals surface area contributed by atoms with Crippen LogP contribution in [0.3, 0.4) is 0 Å². The molecule has 0 heterocycles. The normalized spacial score (nSPS) is 13.4. The maximum absolute atomic E-state index is 13.0. The number of nitrogens with zero attached hydrogens (tertiary/aromatic N) is 1. The molecule has 0 aliphatic rings. The molecule has 0 radical (unpaired) electrons. The average Bonchev–Trinajstić information content (AvgIpc) is 0.965. The fraction of sp³-hybridized carbons (Fsp3) is 0.704. The topological polar surface area (TPSA) is 108 Å². The molecule has 0 aromatic carbocycles. The summed E-state index contributed by atoms with van der Waals surface area (Å²) in [7, 11) is 5.99. The van der Waals surface area contributed by atoms with Gasteiger partial charge in [0.2, 0.25) is 0 Å². The van der Waals surface area contributed by atoms with Crippen molar-refractivity contribution in [1.29, 1.82) is 0 Å². The fourth-order valence-electron chi connectivity index (χ4n) is 12.6. The number of esters is 2. The van der Waals surface area contributed by atoms with E-state index in [9.17, 15) is 19.5 Å². The van der Waals surface area contributed by atoms with Gasteiger partial charge in [0.25, 0.3) is 6.29 Å². The lowest BCUT2D eigenvalue weighted by molar-refractivity contribution is -0.870. The Hall–Kier alpha value is -5.09. The molecular formula is C98H168NO8+. The maximum Gasteiger partial charge on any atom is 0.361 e. The molecule has 9 heteroatoms. The van der Waals surface area contributed by atoms with Crippen LogP contribution in [0, 0.1) is 0 Å². The molecule has 0 aromatic rings. The third-order valence-electron chi connectivity index (χ3n) is 19.3. The van der Waals surface area contributed by atoms with Gasteiger partial charge < -0.3 is 28.5 Å². The zero-order valence-corrected chi connectivity index (χ0v) is 70.3. The highest BCUT2D eigenvalue weighted by Crippen LogP contribution is 2.19. The first-order valence-corrected chi connectivity index (χ1v) is 44.6. The molecule has 2 unspecified atom stereocenters. The molecule has 107 heavy (non-hydrogen) atoms. The van der Waals surface area contributed by atoms with Gasteiger partial charge in [-0.15, -0.1) is 0 Å². The van der Waals surface area contributed by atoms with E-state index in [0.717, 1.165) is 122 Å². The largest absolute Gasteiger partial charge is 0.477 e. The Morgan fingerprint density at radius 2 is 0.505 bits per heavy atom. The van der Waals surface area contributed by atoms with Crippen molar-refractivity contribution in [2.24, 2.45) is 0 Å². The number of carboxylic acid groups (broad SMARTS) is 1. The van der Waals surface area contributed by atoms with Crippen molar-refractivity contribution >= 4 is 17.9 Å². The van der Waals surface area contributed by atoms with Gasteiger partial charge in [0.1, 0.15) is 13.2 Å². The lowest BCUT2D eigenvalue weighted by Gasteiger charge is -2.25. The summed E-state index contributed by atoms with van der Waals surface area (Å²) < 4.78 is 23.1. The summed E-state index contributed by atoms with van der Waals surface area (Å²) in [4.78, 5) is 37.8. The Morgan fingerprint density at radius 1 is 0.280 bits per heavy atom. The predicted molar refractivity (Wildman–Crippen MR) is 465 cm³/mol. The van der Waals surface area contributed by atoms with Gasteiger partial charge in [-0.25, -0.2) is 4.79 Å². The van der Waals surface area contributed by atoms with Gasteiger partial charge >= 0.3 is 17.9 Å². The van der Waals surface area contributed by atoms with Crippen LogP contribution >= 0.6 is 0 Å². The van der Waals surface area contributed by atoms with Crippen LogP contribution in [0.5, 0.6) is 0 Å². The van der Waals surface area contributed by atoms with E-state index >= 15 is 0 Å². The number of carboxylic acids is 1. The van der Waals surface area contributed by atoms with Gasteiger partial charge in [-0.3, -0.25) is 9.59 Å². The maximum atomic E-state index is 13.0. The Bertz CT molecular complexity index is 2340. The number of hydrogen-bond donors (Lipinski definition) is 1. The predicted octanol–water partition coefficient (Wildman–Crippen LogP) is 29.5. The molecule has 0 bridgehead atoms. The Labute approximate surface area is 661 Å². The number of rotatable bonds is 82. The highest BCUT2D eigenvalue weighted by atomic mass is 16.7. The van der Waals surface area contributed by atoms with E-state index in [2.05, 4.69) is 172 Å². The van der Waals surface area contributed by atoms with Gasteiger partial charge in [-0.1, -0.05) is 409 Å². The summed E-state index contributed by atoms with van der Waals surface area (Å²) in [5.41, 5.74) is 0. The van der Waals surface area contributed by atoms with Gasteiger partial charge in [-0.2, -0.15) is 0 Å². The summed E-state index contributed by atoms with van der Waals surface area (Å²) in [6.07, 6.45) is 126. The van der Waals surface area contributed by atoms with Crippen molar-refractivity contribution in [3.8, 4) is 0 Å². The van der Waals surface area contributed by atoms with Crippen LogP contribution in [0.25, 0.3) is 0 Å². The Balaban J connectivity index is 3.96. The van der Waals surface area contributed by atoms with E-state index in [1.807, 2.05) is 21.1 Å². The number of carbonyl (C=O) groups excluding carboxylic acids is 2. The van der Waals surface area contributed by atoms with Crippen molar-refractivity contribution in [2.75, 3.05) is 47.5 Å². The standard InChI is InChI=1S/C98H167NO8/c1-6-8-10-12-14-16-18-20-22-24-26-28-30-32-34-36-38-40-42-44-46-48-50-52-54-56-58-60-62-64-66-68-70-72-74-76-78-80-82-84-86-88-95(100)105-92-94(93-106-98(97(102)103)104-91-90-99(3,4)5)107-96(101)89-87-85-83-81-79-77-75-73-71-69-67-65-63-61-59-57-55-53-51-49-47-45-43-41-39-37-35-33-31-29-27-25-23-21-19-17-15-13-11-9-7-2/h8-11,14-17,20-23,26-29,32-35,38-41,45,47,94,98H,6-7,12-13,18-19,24-25,30-31,36-37,42-44,46,48-93H2,1-5H3/p+1/b10-8-,11-9-,16-14-,17-15-,22-20-,23-21-,28-26-,29-27-,34-32-,35-33-,40-38-,41-39-,47-45-. The number of quaternary nitrogens is 1. The minimum absolute atomic E-state index is 0.182. The van der Waals surface area contributed by atoms with E-state index in [-0.39, 0.29) is 38.2 Å². The van der Waals surface area contributed by atoms with Crippen LogP contribution in [0.4, 0.5) is 0 Å². The molecule has 0 saturated carbocycles. The highest BCUT2D eigenvalue weighted by Gasteiger charge is 2.25. The van der Waals surface area contributed by atoms with Crippen LogP contribution in [-0.2, 0) is 33.3 Å². The molecule has 2 atom stereocenters. The summed E-state index contributed by atoms with van der Waals surface area (Å²) in [6, 6.07) is 0. The van der Waals surface area contributed by atoms with Gasteiger partial charge in [0.15, 0.2) is 6.10 Å². The number of hydrogen-bond acceptors (Lipinski definition) is 7. The van der Waals surface area contributed by atoms with Crippen molar-refractivity contribution < 1.29 is 42.9 Å². The van der Waals surface area contributed by atoms with E-state index in [1.165, 1.54) is 238 Å². The summed E-state index contributed by atoms with van der Waals surface area (Å²) in [5, 5.41) is 9.80. The zero-order valence-electron chi connectivity index (χ0n) is 70.3. The molecule has 1 N–H and O–H groups in total. The number of aliphatic carboxylic acids is 1. The molecule has 0 aliphatic carbocycles. The van der Waals surface area contributed by atoms with Crippen LogP contribution in [0.1, 0.15) is 386 Å². The molecule has 0 amide bonds. The number of allylic oxidation sites excluding steroid dienone is 26. The summed E-state index contributed by atoms with van der Waals surface area (Å²) >= 11 is 0. The molecule has 0 spiro atoms. The summed E-state index contributed by atoms with van der Waals surface area (Å²) in [6.45, 7) is 4.69. The SMILES string of the molecule is CC/C=C\C/C=C\C/C=C\C/C=C\C/C=C\C/C=C\C/C=C\CCCCCCCCCCCCCCCCCCCCCC(=O)OC(COC(=O)CCCCCCCCCCCCCCCCCCCCCCCC/C=C\C/C=C\C/C=C\C/C=C\C/C=C\C/C=C\CC)COC(OCC[N+](C)(C)C)C(=O)O. The molecule has 0 aromatic heterocycles. The van der Waals surface area contributed by atoms with Crippen molar-refractivity contribution in [3.05, 3.63) is 158 Å². The van der Waals surface area contributed by atoms with E-state index in [1.54, 1.807) is 0 Å². The summed E-state index contributed by atoms with van der Waals surface area (Å²) in [5.74, 6) is -1.99. The second-order valence-corrected chi connectivity index (χ2v) is 30.8. The minimum Gasteiger partial charge on any atom is -0.477 e. The first-order valence-electron chi connectivity index (χ1n) is 44.6. The minimum atomic E-state index is -1.52. The first-order chi connectivity index (χ1) is 52.6. The van der Waals surface area contributed by atoms with Gasteiger partial charge in [0.05, 0.1) is 34.4 Å². The lowest BCUT2D eigenvalue weighted by atomic mass is 10.0. The van der Waals surface area contributed by atoms with Gasteiger partial charge in [0, 0.05) is 12.8 Å². The number of unbranched alkanes of at least 4 members (excludes halogenated alkanes) is 41. The Kier molecular flexibility index (Phi) is 82.4. The third-order valence-corrected chi connectivity index (χ3v) is 19.3. The van der Waals surface area contributed by atoms with Gasteiger partial charge in [-0.05, 0) is 122 Å². The molecule has 0 rings (SSSR count). The van der Waals surface area contributed by atoms with Crippen molar-refractivity contribution in [1.82, 2.24) is 0 Å². The molecule has 0 saturated heterocycles. The number of likely N-dealkylation sites (N-methyl/N-ethyl adjacent to an activating group) is 1. The highest BCUT2D eigenvalue weighted by molar-refractivity contribution is 5.71. The number of carbonyl (C=O) groups is 3.